The molecule has 0 aromatic carbocycles. The van der Waals surface area contributed by atoms with Gasteiger partial charge in [0.25, 0.3) is 0 Å². The van der Waals surface area contributed by atoms with E-state index in [4.69, 9.17) is 5.73 Å². The quantitative estimate of drug-likeness (QED) is 0.820. The van der Waals surface area contributed by atoms with E-state index in [1.165, 1.54) is 23.1 Å². The number of nitrogens with zero attached hydrogens (tertiary/aromatic N) is 4. The molecular weight excluding hydrogens is 230 g/mol. The standard InChI is InChI=1S/C8H9N5S2/c1-2-6-11-5(9)3-7(12-6)15-8-13-10-4-14-8/h3-4H,2H2,1H3,(H2,9,11,12). The molecule has 15 heavy (non-hydrogen) atoms. The van der Waals surface area contributed by atoms with Crippen molar-refractivity contribution in [3.63, 3.8) is 0 Å². The summed E-state index contributed by atoms with van der Waals surface area (Å²) in [7, 11) is 0. The fraction of sp³-hybridized carbons (Fsp3) is 0.250. The molecule has 0 aliphatic carbocycles. The fourth-order valence-electron chi connectivity index (χ4n) is 1.000. The van der Waals surface area contributed by atoms with Gasteiger partial charge in [-0.1, -0.05) is 18.3 Å². The maximum atomic E-state index is 5.67. The van der Waals surface area contributed by atoms with Crippen LogP contribution >= 0.6 is 23.1 Å². The first-order valence-electron chi connectivity index (χ1n) is 4.35. The van der Waals surface area contributed by atoms with Crippen LogP contribution in [0.3, 0.4) is 0 Å². The van der Waals surface area contributed by atoms with Gasteiger partial charge in [-0.3, -0.25) is 0 Å². The highest BCUT2D eigenvalue weighted by molar-refractivity contribution is 8.00. The fourth-order valence-corrected chi connectivity index (χ4v) is 2.45. The largest absolute Gasteiger partial charge is 0.384 e. The molecule has 0 unspecified atom stereocenters. The Morgan fingerprint density at radius 1 is 1.47 bits per heavy atom. The minimum atomic E-state index is 0.494. The molecule has 5 nitrogen and oxygen atoms in total. The van der Waals surface area contributed by atoms with Crippen LogP contribution in [-0.4, -0.2) is 20.2 Å². The summed E-state index contributed by atoms with van der Waals surface area (Å²) in [6.07, 6.45) is 0.773. The molecule has 0 saturated carbocycles. The van der Waals surface area contributed by atoms with Crippen molar-refractivity contribution in [1.82, 2.24) is 20.2 Å². The zero-order valence-corrected chi connectivity index (χ0v) is 9.68. The molecule has 0 saturated heterocycles. The minimum absolute atomic E-state index is 0.494. The molecule has 7 heteroatoms. The van der Waals surface area contributed by atoms with Crippen LogP contribution in [0.15, 0.2) is 20.9 Å². The summed E-state index contributed by atoms with van der Waals surface area (Å²) in [5.41, 5.74) is 7.35. The van der Waals surface area contributed by atoms with E-state index in [-0.39, 0.29) is 0 Å². The van der Waals surface area contributed by atoms with Gasteiger partial charge >= 0.3 is 0 Å². The van der Waals surface area contributed by atoms with Gasteiger partial charge in [-0.05, 0) is 11.8 Å². The van der Waals surface area contributed by atoms with E-state index in [0.29, 0.717) is 5.82 Å². The second kappa shape index (κ2) is 4.54. The lowest BCUT2D eigenvalue weighted by Gasteiger charge is -2.01. The van der Waals surface area contributed by atoms with Crippen molar-refractivity contribution >= 4 is 28.9 Å². The van der Waals surface area contributed by atoms with E-state index in [1.54, 1.807) is 11.6 Å². The summed E-state index contributed by atoms with van der Waals surface area (Å²) in [5, 5.41) is 8.50. The van der Waals surface area contributed by atoms with Gasteiger partial charge in [0.15, 0.2) is 4.34 Å². The normalized spacial score (nSPS) is 10.5. The zero-order chi connectivity index (χ0) is 10.7. The molecule has 78 valence electrons. The number of hydrogen-bond donors (Lipinski definition) is 1. The SMILES string of the molecule is CCc1nc(N)cc(Sc2nncs2)n1. The summed E-state index contributed by atoms with van der Waals surface area (Å²) in [5.74, 6) is 1.25. The van der Waals surface area contributed by atoms with Crippen LogP contribution in [0.1, 0.15) is 12.7 Å². The highest BCUT2D eigenvalue weighted by atomic mass is 32.2. The molecule has 0 atom stereocenters. The monoisotopic (exact) mass is 239 g/mol. The number of aryl methyl sites for hydroxylation is 1. The average Bonchev–Trinajstić information content (AvgIpc) is 2.69. The van der Waals surface area contributed by atoms with E-state index in [1.807, 2.05) is 6.92 Å². The number of anilines is 1. The number of nitrogen functional groups attached to an aromatic ring is 1. The Kier molecular flexibility index (Phi) is 3.12. The van der Waals surface area contributed by atoms with Gasteiger partial charge in [-0.25, -0.2) is 9.97 Å². The second-order valence-electron chi connectivity index (χ2n) is 2.71. The maximum Gasteiger partial charge on any atom is 0.180 e. The van der Waals surface area contributed by atoms with Crippen LogP contribution in [0.4, 0.5) is 5.82 Å². The molecule has 2 N–H and O–H groups in total. The van der Waals surface area contributed by atoms with Crippen LogP contribution in [0.25, 0.3) is 0 Å². The lowest BCUT2D eigenvalue weighted by atomic mass is 10.4. The second-order valence-corrected chi connectivity index (χ2v) is 4.81. The van der Waals surface area contributed by atoms with Crippen LogP contribution < -0.4 is 5.73 Å². The van der Waals surface area contributed by atoms with Gasteiger partial charge in [0.1, 0.15) is 22.2 Å². The van der Waals surface area contributed by atoms with E-state index in [2.05, 4.69) is 20.2 Å². The van der Waals surface area contributed by atoms with Crippen molar-refractivity contribution in [2.45, 2.75) is 22.7 Å². The molecule has 2 heterocycles. The third kappa shape index (κ3) is 2.63. The lowest BCUT2D eigenvalue weighted by molar-refractivity contribution is 0.893. The maximum absolute atomic E-state index is 5.67. The highest BCUT2D eigenvalue weighted by Gasteiger charge is 2.05. The van der Waals surface area contributed by atoms with Crippen molar-refractivity contribution in [1.29, 1.82) is 0 Å². The summed E-state index contributed by atoms with van der Waals surface area (Å²) in [6, 6.07) is 1.74. The summed E-state index contributed by atoms with van der Waals surface area (Å²) < 4.78 is 0.857. The van der Waals surface area contributed by atoms with Crippen molar-refractivity contribution in [3.05, 3.63) is 17.4 Å². The molecule has 0 radical (unpaired) electrons. The topological polar surface area (TPSA) is 77.6 Å². The Balaban J connectivity index is 2.24. The smallest absolute Gasteiger partial charge is 0.180 e. The van der Waals surface area contributed by atoms with Gasteiger partial charge in [-0.15, -0.1) is 10.2 Å². The van der Waals surface area contributed by atoms with E-state index in [9.17, 15) is 0 Å². The Hall–Kier alpha value is -1.21. The molecule has 2 rings (SSSR count). The molecule has 0 amide bonds. The Labute approximate surface area is 95.2 Å². The van der Waals surface area contributed by atoms with Crippen molar-refractivity contribution < 1.29 is 0 Å². The van der Waals surface area contributed by atoms with Gasteiger partial charge in [0.05, 0.1) is 0 Å². The van der Waals surface area contributed by atoms with Crippen molar-refractivity contribution in [3.8, 4) is 0 Å². The van der Waals surface area contributed by atoms with E-state index >= 15 is 0 Å². The molecule has 0 aliphatic heterocycles. The van der Waals surface area contributed by atoms with Crippen LogP contribution in [0.2, 0.25) is 0 Å². The summed E-state index contributed by atoms with van der Waals surface area (Å²) >= 11 is 2.93. The number of aromatic nitrogens is 4. The van der Waals surface area contributed by atoms with Crippen LogP contribution in [-0.2, 0) is 6.42 Å². The summed E-state index contributed by atoms with van der Waals surface area (Å²) in [6.45, 7) is 1.99. The predicted molar refractivity (Wildman–Crippen MR) is 59.9 cm³/mol. The predicted octanol–water partition coefficient (Wildman–Crippen LogP) is 1.62. The molecule has 0 bridgehead atoms. The number of hydrogen-bond acceptors (Lipinski definition) is 7. The number of nitrogens with two attached hydrogens (primary N) is 1. The molecule has 0 fully saturated rings. The Bertz CT molecular complexity index is 442. The minimum Gasteiger partial charge on any atom is -0.384 e. The number of rotatable bonds is 3. The van der Waals surface area contributed by atoms with E-state index in [0.717, 1.165) is 21.6 Å². The zero-order valence-electron chi connectivity index (χ0n) is 8.04. The van der Waals surface area contributed by atoms with E-state index < -0.39 is 0 Å². The first kappa shape index (κ1) is 10.3. The van der Waals surface area contributed by atoms with Crippen molar-refractivity contribution in [2.75, 3.05) is 5.73 Å². The third-order valence-corrected chi connectivity index (χ3v) is 3.31. The van der Waals surface area contributed by atoms with Crippen molar-refractivity contribution in [2.24, 2.45) is 0 Å². The Morgan fingerprint density at radius 3 is 3.00 bits per heavy atom. The average molecular weight is 239 g/mol. The van der Waals surface area contributed by atoms with Gasteiger partial charge < -0.3 is 5.73 Å². The highest BCUT2D eigenvalue weighted by Crippen LogP contribution is 2.27. The van der Waals surface area contributed by atoms with Gasteiger partial charge in [0.2, 0.25) is 0 Å². The summed E-state index contributed by atoms with van der Waals surface area (Å²) in [4.78, 5) is 8.44. The molecule has 2 aromatic heterocycles. The lowest BCUT2D eigenvalue weighted by Crippen LogP contribution is -1.99. The van der Waals surface area contributed by atoms with Crippen LogP contribution in [0, 0.1) is 0 Å². The van der Waals surface area contributed by atoms with Gasteiger partial charge in [0, 0.05) is 12.5 Å². The first-order chi connectivity index (χ1) is 7.28. The third-order valence-electron chi connectivity index (χ3n) is 1.62. The molecule has 0 spiro atoms. The molecule has 0 aliphatic rings. The first-order valence-corrected chi connectivity index (χ1v) is 6.05. The van der Waals surface area contributed by atoms with Gasteiger partial charge in [-0.2, -0.15) is 0 Å². The molecular formula is C8H9N5S2. The molecule has 2 aromatic rings. The van der Waals surface area contributed by atoms with Crippen LogP contribution in [0.5, 0.6) is 0 Å². The Morgan fingerprint density at radius 2 is 2.33 bits per heavy atom.